The number of anilines is 1. The maximum absolute atomic E-state index is 10.1. The van der Waals surface area contributed by atoms with Crippen molar-refractivity contribution in [1.82, 2.24) is 4.98 Å². The first kappa shape index (κ1) is 7.26. The van der Waals surface area contributed by atoms with Crippen LogP contribution in [0.5, 0.6) is 5.75 Å². The first-order chi connectivity index (χ1) is 5.13. The topological polar surface area (TPSA) is 102 Å². The average Bonchev–Trinajstić information content (AvgIpc) is 1.94. The highest BCUT2D eigenvalue weighted by molar-refractivity contribution is 5.64. The monoisotopic (exact) mass is 155 g/mol. The van der Waals surface area contributed by atoms with Crippen molar-refractivity contribution < 1.29 is 10.0 Å². The van der Waals surface area contributed by atoms with Gasteiger partial charge in [-0.15, -0.1) is 0 Å². The number of hydrogen-bond donors (Lipinski definition) is 2. The lowest BCUT2D eigenvalue weighted by atomic mass is 10.3. The zero-order valence-electron chi connectivity index (χ0n) is 5.39. The summed E-state index contributed by atoms with van der Waals surface area (Å²) in [4.78, 5) is 12.8. The van der Waals surface area contributed by atoms with E-state index in [0.29, 0.717) is 0 Å². The van der Waals surface area contributed by atoms with Gasteiger partial charge in [-0.1, -0.05) is 0 Å². The molecule has 0 unspecified atom stereocenters. The molecule has 11 heavy (non-hydrogen) atoms. The molecule has 6 nitrogen and oxygen atoms in total. The van der Waals surface area contributed by atoms with E-state index in [-0.39, 0.29) is 17.1 Å². The van der Waals surface area contributed by atoms with E-state index in [2.05, 4.69) is 4.98 Å². The summed E-state index contributed by atoms with van der Waals surface area (Å²) < 4.78 is 0. The van der Waals surface area contributed by atoms with Crippen molar-refractivity contribution in [2.24, 2.45) is 0 Å². The number of nitrogen functional groups attached to an aromatic ring is 1. The first-order valence-corrected chi connectivity index (χ1v) is 2.69. The molecule has 0 amide bonds. The van der Waals surface area contributed by atoms with E-state index in [9.17, 15) is 10.1 Å². The van der Waals surface area contributed by atoms with Crippen LogP contribution in [-0.4, -0.2) is 15.0 Å². The molecule has 1 aromatic rings. The predicted octanol–water partition coefficient (Wildman–Crippen LogP) is 0.278. The van der Waals surface area contributed by atoms with Gasteiger partial charge in [0.15, 0.2) is 11.4 Å². The molecule has 0 aromatic carbocycles. The zero-order chi connectivity index (χ0) is 8.43. The minimum absolute atomic E-state index is 0.259. The van der Waals surface area contributed by atoms with Crippen LogP contribution in [0.2, 0.25) is 0 Å². The van der Waals surface area contributed by atoms with Crippen LogP contribution in [0.1, 0.15) is 0 Å². The lowest BCUT2D eigenvalue weighted by Gasteiger charge is -1.96. The molecule has 0 aliphatic heterocycles. The molecule has 58 valence electrons. The van der Waals surface area contributed by atoms with Gasteiger partial charge in [0.2, 0.25) is 0 Å². The largest absolute Gasteiger partial charge is 0.504 e. The van der Waals surface area contributed by atoms with Crippen molar-refractivity contribution in [2.75, 3.05) is 5.73 Å². The Morgan fingerprint density at radius 2 is 2.27 bits per heavy atom. The second kappa shape index (κ2) is 2.41. The van der Waals surface area contributed by atoms with Crippen molar-refractivity contribution >= 4 is 11.4 Å². The zero-order valence-corrected chi connectivity index (χ0v) is 5.39. The molecule has 0 spiro atoms. The SMILES string of the molecule is Nc1c(O)cncc1[N+](=O)[O-]. The summed E-state index contributed by atoms with van der Waals surface area (Å²) in [6, 6.07) is 0. The maximum atomic E-state index is 10.1. The van der Waals surface area contributed by atoms with Gasteiger partial charge >= 0.3 is 5.69 Å². The number of nitro groups is 1. The van der Waals surface area contributed by atoms with E-state index in [1.807, 2.05) is 0 Å². The summed E-state index contributed by atoms with van der Waals surface area (Å²) in [7, 11) is 0. The van der Waals surface area contributed by atoms with Crippen molar-refractivity contribution in [2.45, 2.75) is 0 Å². The molecule has 0 atom stereocenters. The van der Waals surface area contributed by atoms with Crippen LogP contribution in [-0.2, 0) is 0 Å². The third-order valence-corrected chi connectivity index (χ3v) is 1.14. The molecule has 0 aliphatic carbocycles. The number of nitrogens with two attached hydrogens (primary N) is 1. The molecular formula is C5H5N3O3. The molecule has 0 fully saturated rings. The van der Waals surface area contributed by atoms with E-state index in [1.54, 1.807) is 0 Å². The number of hydrogen-bond acceptors (Lipinski definition) is 5. The van der Waals surface area contributed by atoms with Gasteiger partial charge in [-0.05, 0) is 0 Å². The second-order valence-electron chi connectivity index (χ2n) is 1.85. The van der Waals surface area contributed by atoms with Crippen LogP contribution in [0.25, 0.3) is 0 Å². The Bertz CT molecular complexity index is 299. The molecule has 1 heterocycles. The van der Waals surface area contributed by atoms with Crippen LogP contribution in [0.15, 0.2) is 12.4 Å². The van der Waals surface area contributed by atoms with Gasteiger partial charge in [0.05, 0.1) is 11.1 Å². The lowest BCUT2D eigenvalue weighted by molar-refractivity contribution is -0.384. The van der Waals surface area contributed by atoms with E-state index in [0.717, 1.165) is 12.4 Å². The smallest absolute Gasteiger partial charge is 0.314 e. The first-order valence-electron chi connectivity index (χ1n) is 2.69. The number of nitrogens with zero attached hydrogens (tertiary/aromatic N) is 2. The molecule has 0 saturated carbocycles. The number of pyridine rings is 1. The Morgan fingerprint density at radius 3 is 2.73 bits per heavy atom. The molecule has 3 N–H and O–H groups in total. The summed E-state index contributed by atoms with van der Waals surface area (Å²) >= 11 is 0. The number of rotatable bonds is 1. The van der Waals surface area contributed by atoms with Gasteiger partial charge in [0.25, 0.3) is 0 Å². The van der Waals surface area contributed by atoms with Gasteiger partial charge in [0.1, 0.15) is 6.20 Å². The number of aromatic nitrogens is 1. The lowest BCUT2D eigenvalue weighted by Crippen LogP contribution is -1.96. The fourth-order valence-corrected chi connectivity index (χ4v) is 0.594. The average molecular weight is 155 g/mol. The van der Waals surface area contributed by atoms with E-state index < -0.39 is 4.92 Å². The Labute approximate surface area is 61.4 Å². The minimum Gasteiger partial charge on any atom is -0.504 e. The highest BCUT2D eigenvalue weighted by atomic mass is 16.6. The molecule has 0 radical (unpaired) electrons. The van der Waals surface area contributed by atoms with Crippen LogP contribution in [0.4, 0.5) is 11.4 Å². The van der Waals surface area contributed by atoms with Gasteiger partial charge in [0, 0.05) is 0 Å². The molecule has 1 rings (SSSR count). The second-order valence-corrected chi connectivity index (χ2v) is 1.85. The van der Waals surface area contributed by atoms with Crippen LogP contribution in [0.3, 0.4) is 0 Å². The van der Waals surface area contributed by atoms with Crippen molar-refractivity contribution in [1.29, 1.82) is 0 Å². The van der Waals surface area contributed by atoms with Crippen molar-refractivity contribution in [3.8, 4) is 5.75 Å². The molecular weight excluding hydrogens is 150 g/mol. The van der Waals surface area contributed by atoms with Crippen LogP contribution < -0.4 is 5.73 Å². The predicted molar refractivity (Wildman–Crippen MR) is 37.0 cm³/mol. The summed E-state index contributed by atoms with van der Waals surface area (Å²) in [6.45, 7) is 0. The molecule has 0 saturated heterocycles. The van der Waals surface area contributed by atoms with Gasteiger partial charge in [-0.3, -0.25) is 15.1 Å². The molecule has 0 aliphatic rings. The minimum atomic E-state index is -0.706. The Hall–Kier alpha value is -1.85. The Kier molecular flexibility index (Phi) is 1.59. The van der Waals surface area contributed by atoms with Gasteiger partial charge in [-0.2, -0.15) is 0 Å². The normalized spacial score (nSPS) is 9.45. The van der Waals surface area contributed by atoms with Crippen LogP contribution in [0, 0.1) is 10.1 Å². The Morgan fingerprint density at radius 1 is 1.64 bits per heavy atom. The molecule has 0 bridgehead atoms. The number of aromatic hydroxyl groups is 1. The van der Waals surface area contributed by atoms with E-state index in [1.165, 1.54) is 0 Å². The van der Waals surface area contributed by atoms with Crippen molar-refractivity contribution in [3.63, 3.8) is 0 Å². The summed E-state index contributed by atoms with van der Waals surface area (Å²) in [5, 5.41) is 19.0. The third-order valence-electron chi connectivity index (χ3n) is 1.14. The standard InChI is InChI=1S/C5H5N3O3/c6-5-3(8(10)11)1-7-2-4(5)9/h1-2,9H,(H2,6,7). The summed E-state index contributed by atoms with van der Waals surface area (Å²) in [5.74, 6) is -0.376. The molecule has 1 aromatic heterocycles. The summed E-state index contributed by atoms with van der Waals surface area (Å²) in [5.41, 5.74) is 4.51. The van der Waals surface area contributed by atoms with Gasteiger partial charge < -0.3 is 10.8 Å². The quantitative estimate of drug-likeness (QED) is 0.447. The summed E-state index contributed by atoms with van der Waals surface area (Å²) in [6.07, 6.45) is 2.03. The highest BCUT2D eigenvalue weighted by Gasteiger charge is 2.13. The van der Waals surface area contributed by atoms with Crippen molar-refractivity contribution in [3.05, 3.63) is 22.5 Å². The third kappa shape index (κ3) is 1.18. The highest BCUT2D eigenvalue weighted by Crippen LogP contribution is 2.27. The van der Waals surface area contributed by atoms with Gasteiger partial charge in [-0.25, -0.2) is 0 Å². The van der Waals surface area contributed by atoms with E-state index >= 15 is 0 Å². The Balaban J connectivity index is 3.27. The molecule has 6 heteroatoms. The van der Waals surface area contributed by atoms with Crippen LogP contribution >= 0.6 is 0 Å². The fraction of sp³-hybridized carbons (Fsp3) is 0. The van der Waals surface area contributed by atoms with E-state index in [4.69, 9.17) is 10.8 Å². The maximum Gasteiger partial charge on any atom is 0.314 e. The fourth-order valence-electron chi connectivity index (χ4n) is 0.594.